The minimum atomic E-state index is 0.636. The Morgan fingerprint density at radius 1 is 0.375 bits per heavy atom. The number of nitriles is 2. The van der Waals surface area contributed by atoms with Crippen molar-refractivity contribution in [3.05, 3.63) is 169 Å². The van der Waals surface area contributed by atoms with Gasteiger partial charge in [-0.3, -0.25) is 0 Å². The van der Waals surface area contributed by atoms with Crippen LogP contribution in [-0.4, -0.2) is 9.13 Å². The summed E-state index contributed by atoms with van der Waals surface area (Å²) in [7, 11) is 0. The zero-order valence-electron chi connectivity index (χ0n) is 25.8. The Labute approximate surface area is 277 Å². The molecule has 0 atom stereocenters. The van der Waals surface area contributed by atoms with Gasteiger partial charge < -0.3 is 9.13 Å². The summed E-state index contributed by atoms with van der Waals surface area (Å²) in [6.07, 6.45) is 0. The predicted molar refractivity (Wildman–Crippen MR) is 195 cm³/mol. The second-order valence-electron chi connectivity index (χ2n) is 12.0. The number of fused-ring (bicyclic) bond motifs is 6. The second-order valence-corrected chi connectivity index (χ2v) is 12.0. The third-order valence-corrected chi connectivity index (χ3v) is 9.43. The first kappa shape index (κ1) is 27.4. The highest BCUT2D eigenvalue weighted by atomic mass is 15.0. The van der Waals surface area contributed by atoms with E-state index in [1.807, 2.05) is 36.4 Å². The van der Waals surface area contributed by atoms with Crippen LogP contribution in [0.3, 0.4) is 0 Å². The maximum absolute atomic E-state index is 10.2. The second kappa shape index (κ2) is 10.9. The number of aromatic nitrogens is 2. The molecule has 48 heavy (non-hydrogen) atoms. The van der Waals surface area contributed by atoms with Crippen LogP contribution in [0.4, 0.5) is 0 Å². The minimum Gasteiger partial charge on any atom is -0.309 e. The van der Waals surface area contributed by atoms with Crippen LogP contribution in [0.15, 0.2) is 158 Å². The topological polar surface area (TPSA) is 57.4 Å². The number of hydrogen-bond acceptors (Lipinski definition) is 2. The first-order valence-corrected chi connectivity index (χ1v) is 15.9. The average molecular weight is 611 g/mol. The lowest BCUT2D eigenvalue weighted by Gasteiger charge is -2.16. The molecule has 7 aromatic carbocycles. The average Bonchev–Trinajstić information content (AvgIpc) is 3.68. The molecule has 0 aliphatic carbocycles. The number of hydrogen-bond donors (Lipinski definition) is 0. The fraction of sp³-hybridized carbons (Fsp3) is 0. The molecule has 2 aromatic heterocycles. The van der Waals surface area contributed by atoms with Gasteiger partial charge in [0, 0.05) is 32.8 Å². The van der Waals surface area contributed by atoms with Gasteiger partial charge in [-0.2, -0.15) is 10.5 Å². The van der Waals surface area contributed by atoms with Crippen LogP contribution in [0.1, 0.15) is 11.1 Å². The fourth-order valence-corrected chi connectivity index (χ4v) is 7.33. The van der Waals surface area contributed by atoms with E-state index in [0.29, 0.717) is 11.1 Å². The van der Waals surface area contributed by atoms with Gasteiger partial charge in [0.05, 0.1) is 51.0 Å². The van der Waals surface area contributed by atoms with E-state index in [1.165, 1.54) is 10.8 Å². The Balaban J connectivity index is 1.13. The molecule has 4 nitrogen and oxygen atoms in total. The van der Waals surface area contributed by atoms with Crippen molar-refractivity contribution in [2.45, 2.75) is 0 Å². The van der Waals surface area contributed by atoms with Crippen molar-refractivity contribution in [2.24, 2.45) is 0 Å². The van der Waals surface area contributed by atoms with Gasteiger partial charge in [-0.15, -0.1) is 0 Å². The highest BCUT2D eigenvalue weighted by molar-refractivity contribution is 6.12. The molecule has 2 heterocycles. The lowest BCUT2D eigenvalue weighted by Crippen LogP contribution is -1.99. The van der Waals surface area contributed by atoms with Gasteiger partial charge in [0.15, 0.2) is 0 Å². The Morgan fingerprint density at radius 2 is 0.854 bits per heavy atom. The van der Waals surface area contributed by atoms with Crippen molar-refractivity contribution in [3.8, 4) is 45.8 Å². The summed E-state index contributed by atoms with van der Waals surface area (Å²) in [5, 5.41) is 24.5. The van der Waals surface area contributed by atoms with Crippen LogP contribution in [0, 0.1) is 22.7 Å². The highest BCUT2D eigenvalue weighted by Gasteiger charge is 2.18. The molecule has 0 amide bonds. The molecule has 0 aliphatic heterocycles. The molecule has 0 spiro atoms. The van der Waals surface area contributed by atoms with Crippen LogP contribution in [0.2, 0.25) is 0 Å². The first-order chi connectivity index (χ1) is 23.7. The van der Waals surface area contributed by atoms with Gasteiger partial charge in [0.2, 0.25) is 0 Å². The van der Waals surface area contributed by atoms with Gasteiger partial charge >= 0.3 is 0 Å². The summed E-state index contributed by atoms with van der Waals surface area (Å²) in [5.41, 5.74) is 11.7. The molecular formula is C44H26N4. The Bertz CT molecular complexity index is 2730. The molecule has 0 saturated heterocycles. The highest BCUT2D eigenvalue weighted by Crippen LogP contribution is 2.39. The molecule has 0 aliphatic rings. The largest absolute Gasteiger partial charge is 0.309 e. The lowest BCUT2D eigenvalue weighted by atomic mass is 9.95. The van der Waals surface area contributed by atoms with E-state index in [9.17, 15) is 10.5 Å². The molecule has 0 saturated carbocycles. The van der Waals surface area contributed by atoms with Gasteiger partial charge in [-0.05, 0) is 71.3 Å². The molecule has 0 bridgehead atoms. The van der Waals surface area contributed by atoms with Gasteiger partial charge in [-0.25, -0.2) is 0 Å². The van der Waals surface area contributed by atoms with Crippen molar-refractivity contribution in [2.75, 3.05) is 0 Å². The molecule has 9 aromatic rings. The maximum Gasteiger partial charge on any atom is 0.0998 e. The summed E-state index contributed by atoms with van der Waals surface area (Å²) in [6, 6.07) is 58.9. The quantitative estimate of drug-likeness (QED) is 0.199. The molecule has 9 rings (SSSR count). The third kappa shape index (κ3) is 4.07. The fourth-order valence-electron chi connectivity index (χ4n) is 7.33. The van der Waals surface area contributed by atoms with Crippen LogP contribution >= 0.6 is 0 Å². The van der Waals surface area contributed by atoms with E-state index < -0.39 is 0 Å². The molecule has 4 heteroatoms. The number of rotatable bonds is 4. The van der Waals surface area contributed by atoms with Crippen LogP contribution < -0.4 is 0 Å². The first-order valence-electron chi connectivity index (χ1n) is 15.9. The Kier molecular flexibility index (Phi) is 6.22. The predicted octanol–water partition coefficient (Wildman–Crippen LogP) is 11.0. The lowest BCUT2D eigenvalue weighted by molar-refractivity contribution is 1.18. The van der Waals surface area contributed by atoms with Crippen molar-refractivity contribution in [1.29, 1.82) is 10.5 Å². The molecule has 0 fully saturated rings. The number of para-hydroxylation sites is 3. The van der Waals surface area contributed by atoms with Crippen LogP contribution in [0.5, 0.6) is 0 Å². The zero-order valence-corrected chi connectivity index (χ0v) is 25.8. The standard InChI is InChI=1S/C44H26N4/c45-27-32-9-7-17-41(48-38-14-4-1-11-35(38)36-12-2-5-15-39(36)48)43(32)31-21-19-29(20-22-31)30-23-25-34(26-24-30)47-40-16-6-3-13-37(40)44-33(28-46)10-8-18-42(44)47/h1-26H. The van der Waals surface area contributed by atoms with E-state index >= 15 is 0 Å². The zero-order chi connectivity index (χ0) is 32.2. The Hall–Kier alpha value is -6.88. The summed E-state index contributed by atoms with van der Waals surface area (Å²) in [4.78, 5) is 0. The third-order valence-electron chi connectivity index (χ3n) is 9.43. The van der Waals surface area contributed by atoms with Crippen molar-refractivity contribution in [3.63, 3.8) is 0 Å². The Morgan fingerprint density at radius 3 is 1.48 bits per heavy atom. The molecule has 0 N–H and O–H groups in total. The monoisotopic (exact) mass is 610 g/mol. The van der Waals surface area contributed by atoms with E-state index in [-0.39, 0.29) is 0 Å². The van der Waals surface area contributed by atoms with E-state index in [2.05, 4.69) is 143 Å². The molecule has 222 valence electrons. The summed E-state index contributed by atoms with van der Waals surface area (Å²) >= 11 is 0. The van der Waals surface area contributed by atoms with Gasteiger partial charge in [0.1, 0.15) is 0 Å². The molecular weight excluding hydrogens is 585 g/mol. The summed E-state index contributed by atoms with van der Waals surface area (Å²) < 4.78 is 4.51. The van der Waals surface area contributed by atoms with E-state index in [4.69, 9.17) is 0 Å². The summed E-state index contributed by atoms with van der Waals surface area (Å²) in [6.45, 7) is 0. The van der Waals surface area contributed by atoms with Gasteiger partial charge in [-0.1, -0.05) is 103 Å². The number of benzene rings is 7. The van der Waals surface area contributed by atoms with Crippen LogP contribution in [0.25, 0.3) is 77.2 Å². The van der Waals surface area contributed by atoms with Gasteiger partial charge in [0.25, 0.3) is 0 Å². The molecule has 0 unspecified atom stereocenters. The van der Waals surface area contributed by atoms with Crippen molar-refractivity contribution < 1.29 is 0 Å². The van der Waals surface area contributed by atoms with Crippen LogP contribution in [-0.2, 0) is 0 Å². The SMILES string of the molecule is N#Cc1cccc(-n2c3ccccc3c3ccccc32)c1-c1ccc(-c2ccc(-n3c4ccccc4c4c(C#N)cccc43)cc2)cc1. The number of nitrogens with zero attached hydrogens (tertiary/aromatic N) is 4. The maximum atomic E-state index is 10.2. The van der Waals surface area contributed by atoms with Crippen molar-refractivity contribution >= 4 is 43.6 Å². The van der Waals surface area contributed by atoms with E-state index in [1.54, 1.807) is 0 Å². The smallest absolute Gasteiger partial charge is 0.0998 e. The summed E-state index contributed by atoms with van der Waals surface area (Å²) in [5.74, 6) is 0. The normalized spacial score (nSPS) is 11.3. The van der Waals surface area contributed by atoms with Crippen molar-refractivity contribution in [1.82, 2.24) is 9.13 Å². The minimum absolute atomic E-state index is 0.636. The van der Waals surface area contributed by atoms with E-state index in [0.717, 1.165) is 66.5 Å². The molecule has 0 radical (unpaired) electrons.